The lowest BCUT2D eigenvalue weighted by atomic mass is 9.78. The summed E-state index contributed by atoms with van der Waals surface area (Å²) in [7, 11) is 0. The number of benzene rings is 1. The molecule has 0 spiro atoms. The third-order valence-electron chi connectivity index (χ3n) is 4.24. The van der Waals surface area contributed by atoms with Crippen LogP contribution in [-0.4, -0.2) is 11.6 Å². The zero-order valence-electron chi connectivity index (χ0n) is 13.1. The predicted octanol–water partition coefficient (Wildman–Crippen LogP) is 3.49. The molecule has 0 fully saturated rings. The van der Waals surface area contributed by atoms with Crippen LogP contribution in [-0.2, 0) is 24.6 Å². The van der Waals surface area contributed by atoms with Crippen molar-refractivity contribution in [1.29, 1.82) is 0 Å². The maximum atomic E-state index is 13.1. The van der Waals surface area contributed by atoms with Gasteiger partial charge in [0.25, 0.3) is 0 Å². The molecule has 1 heterocycles. The molecule has 130 valence electrons. The van der Waals surface area contributed by atoms with Gasteiger partial charge in [0.05, 0.1) is 17.9 Å². The number of nitrogen functional groups attached to an aromatic ring is 1. The van der Waals surface area contributed by atoms with E-state index in [4.69, 9.17) is 16.2 Å². The fourth-order valence-electron chi connectivity index (χ4n) is 3.04. The summed E-state index contributed by atoms with van der Waals surface area (Å²) in [6.07, 6.45) is -2.70. The van der Waals surface area contributed by atoms with Gasteiger partial charge in [0, 0.05) is 16.8 Å². The number of rotatable bonds is 3. The fraction of sp³-hybridized carbons (Fsp3) is 0.438. The summed E-state index contributed by atoms with van der Waals surface area (Å²) in [6, 6.07) is 3.91. The summed E-state index contributed by atoms with van der Waals surface area (Å²) in [6.45, 7) is 1.80. The Labute approximate surface area is 141 Å². The Morgan fingerprint density at radius 1 is 1.38 bits per heavy atom. The molecule has 0 radical (unpaired) electrons. The smallest absolute Gasteiger partial charge is 0.419 e. The van der Waals surface area contributed by atoms with E-state index < -0.39 is 17.3 Å². The summed E-state index contributed by atoms with van der Waals surface area (Å²) in [5.74, 6) is -0.179. The van der Waals surface area contributed by atoms with E-state index in [0.717, 1.165) is 16.6 Å². The number of hydrogen-bond acceptors (Lipinski definition) is 5. The molecule has 1 aliphatic rings. The first-order chi connectivity index (χ1) is 11.2. The number of aromatic nitrogens is 1. The van der Waals surface area contributed by atoms with E-state index in [-0.39, 0.29) is 12.4 Å². The molecular formula is C16H18F3N3OS. The van der Waals surface area contributed by atoms with Crippen molar-refractivity contribution >= 4 is 16.5 Å². The van der Waals surface area contributed by atoms with Gasteiger partial charge in [-0.15, -0.1) is 11.3 Å². The first-order valence-electron chi connectivity index (χ1n) is 7.60. The molecule has 0 aliphatic heterocycles. The summed E-state index contributed by atoms with van der Waals surface area (Å²) in [4.78, 5) is 5.27. The minimum absolute atomic E-state index is 0.152. The Morgan fingerprint density at radius 2 is 2.12 bits per heavy atom. The Balaban J connectivity index is 1.98. The van der Waals surface area contributed by atoms with Crippen LogP contribution in [0.25, 0.3) is 0 Å². The number of anilines is 1. The molecule has 3 rings (SSSR count). The van der Waals surface area contributed by atoms with Crippen LogP contribution in [0.2, 0.25) is 0 Å². The molecule has 24 heavy (non-hydrogen) atoms. The van der Waals surface area contributed by atoms with Crippen LogP contribution in [0.15, 0.2) is 18.2 Å². The second-order valence-corrected chi connectivity index (χ2v) is 7.01. The van der Waals surface area contributed by atoms with Crippen molar-refractivity contribution in [2.24, 2.45) is 5.73 Å². The normalized spacial score (nSPS) is 20.7. The molecule has 0 bridgehead atoms. The van der Waals surface area contributed by atoms with Crippen LogP contribution >= 0.6 is 11.3 Å². The predicted molar refractivity (Wildman–Crippen MR) is 87.0 cm³/mol. The van der Waals surface area contributed by atoms with Gasteiger partial charge in [-0.1, -0.05) is 6.07 Å². The van der Waals surface area contributed by atoms with Crippen LogP contribution in [0.4, 0.5) is 18.3 Å². The van der Waals surface area contributed by atoms with E-state index in [1.807, 2.05) is 0 Å². The van der Waals surface area contributed by atoms with Gasteiger partial charge in [-0.3, -0.25) is 0 Å². The van der Waals surface area contributed by atoms with E-state index in [1.165, 1.54) is 23.5 Å². The lowest BCUT2D eigenvalue weighted by Gasteiger charge is -2.33. The average molecular weight is 357 g/mol. The quantitative estimate of drug-likeness (QED) is 0.882. The molecule has 4 nitrogen and oxygen atoms in total. The summed E-state index contributed by atoms with van der Waals surface area (Å²) in [5, 5.41) is 0.492. The lowest BCUT2D eigenvalue weighted by molar-refractivity contribution is -0.138. The molecule has 0 saturated carbocycles. The minimum atomic E-state index is -4.46. The van der Waals surface area contributed by atoms with Gasteiger partial charge in [-0.05, 0) is 37.5 Å². The van der Waals surface area contributed by atoms with Gasteiger partial charge in [-0.2, -0.15) is 13.2 Å². The number of nitrogens with zero attached hydrogens (tertiary/aromatic N) is 1. The first kappa shape index (κ1) is 17.0. The average Bonchev–Trinajstić information content (AvgIpc) is 2.85. The summed E-state index contributed by atoms with van der Waals surface area (Å²) in [5.41, 5.74) is 12.3. The van der Waals surface area contributed by atoms with Crippen LogP contribution in [0.3, 0.4) is 0 Å². The Morgan fingerprint density at radius 3 is 2.79 bits per heavy atom. The van der Waals surface area contributed by atoms with Gasteiger partial charge in [0.1, 0.15) is 5.75 Å². The summed E-state index contributed by atoms with van der Waals surface area (Å²) >= 11 is 1.38. The van der Waals surface area contributed by atoms with E-state index >= 15 is 0 Å². The molecular weight excluding hydrogens is 339 g/mol. The second kappa shape index (κ2) is 5.93. The first-order valence-corrected chi connectivity index (χ1v) is 8.42. The van der Waals surface area contributed by atoms with Crippen molar-refractivity contribution in [1.82, 2.24) is 4.98 Å². The van der Waals surface area contributed by atoms with Crippen molar-refractivity contribution in [2.45, 2.75) is 37.9 Å². The van der Waals surface area contributed by atoms with Crippen molar-refractivity contribution in [3.63, 3.8) is 0 Å². The number of ether oxygens (including phenoxy) is 1. The maximum Gasteiger partial charge on any atom is 0.419 e. The highest BCUT2D eigenvalue weighted by Gasteiger charge is 2.38. The zero-order valence-corrected chi connectivity index (χ0v) is 13.9. The number of hydrogen-bond donors (Lipinski definition) is 2. The Kier molecular flexibility index (Phi) is 4.21. The van der Waals surface area contributed by atoms with E-state index in [9.17, 15) is 13.2 Å². The topological polar surface area (TPSA) is 74.2 Å². The van der Waals surface area contributed by atoms with Crippen LogP contribution in [0.1, 0.15) is 35.0 Å². The maximum absolute atomic E-state index is 13.1. The molecule has 0 saturated heterocycles. The molecule has 1 atom stereocenters. The van der Waals surface area contributed by atoms with Crippen LogP contribution in [0.5, 0.6) is 5.75 Å². The van der Waals surface area contributed by atoms with E-state index in [0.29, 0.717) is 30.0 Å². The number of thiazole rings is 1. The van der Waals surface area contributed by atoms with Gasteiger partial charge in [-0.25, -0.2) is 4.98 Å². The van der Waals surface area contributed by atoms with Crippen LogP contribution in [0, 0.1) is 0 Å². The Hall–Kier alpha value is -1.80. The van der Waals surface area contributed by atoms with Crippen molar-refractivity contribution in [2.75, 3.05) is 12.3 Å². The molecule has 0 amide bonds. The molecule has 1 aromatic carbocycles. The summed E-state index contributed by atoms with van der Waals surface area (Å²) < 4.78 is 44.5. The van der Waals surface area contributed by atoms with Gasteiger partial charge >= 0.3 is 6.18 Å². The standard InChI is InChI=1S/C16H18F3N3OS/c1-2-23-12-7-9(3-4-10(12)16(17,18)19)15(21)6-5-11-13(8-15)24-14(20)22-11/h3-4,7H,2,5-6,8,21H2,1H3,(H2,20,22). The molecule has 4 N–H and O–H groups in total. The largest absolute Gasteiger partial charge is 0.493 e. The third-order valence-corrected chi connectivity index (χ3v) is 5.17. The number of fused-ring (bicyclic) bond motifs is 1. The SMILES string of the molecule is CCOc1cc(C2(N)CCc3nc(N)sc3C2)ccc1C(F)(F)F. The third kappa shape index (κ3) is 3.08. The van der Waals surface area contributed by atoms with Crippen molar-refractivity contribution in [3.05, 3.63) is 39.9 Å². The molecule has 1 unspecified atom stereocenters. The highest BCUT2D eigenvalue weighted by atomic mass is 32.1. The number of aryl methyl sites for hydroxylation is 1. The lowest BCUT2D eigenvalue weighted by Crippen LogP contribution is -2.42. The monoisotopic (exact) mass is 357 g/mol. The highest BCUT2D eigenvalue weighted by Crippen LogP contribution is 2.42. The molecule has 2 aromatic rings. The van der Waals surface area contributed by atoms with Gasteiger partial charge < -0.3 is 16.2 Å². The van der Waals surface area contributed by atoms with Crippen LogP contribution < -0.4 is 16.2 Å². The highest BCUT2D eigenvalue weighted by molar-refractivity contribution is 7.15. The molecule has 1 aliphatic carbocycles. The zero-order chi connectivity index (χ0) is 17.5. The number of halogens is 3. The minimum Gasteiger partial charge on any atom is -0.493 e. The van der Waals surface area contributed by atoms with Gasteiger partial charge in [0.2, 0.25) is 0 Å². The van der Waals surface area contributed by atoms with E-state index in [1.54, 1.807) is 6.92 Å². The second-order valence-electron chi connectivity index (χ2n) is 5.90. The fourth-order valence-corrected chi connectivity index (χ4v) is 4.04. The number of nitrogens with two attached hydrogens (primary N) is 2. The van der Waals surface area contributed by atoms with Crippen molar-refractivity contribution in [3.8, 4) is 5.75 Å². The van der Waals surface area contributed by atoms with E-state index in [2.05, 4.69) is 4.98 Å². The van der Waals surface area contributed by atoms with Crippen molar-refractivity contribution < 1.29 is 17.9 Å². The Bertz CT molecular complexity index is 760. The molecule has 1 aromatic heterocycles. The van der Waals surface area contributed by atoms with Gasteiger partial charge in [0.15, 0.2) is 5.13 Å². The molecule has 8 heteroatoms. The number of alkyl halides is 3.